The van der Waals surface area contributed by atoms with E-state index in [1.165, 1.54) is 17.7 Å². The summed E-state index contributed by atoms with van der Waals surface area (Å²) in [5.74, 6) is -2.00. The normalized spacial score (nSPS) is 16.2. The van der Waals surface area contributed by atoms with Gasteiger partial charge in [-0.1, -0.05) is 23.7 Å². The van der Waals surface area contributed by atoms with Crippen LogP contribution in [0, 0.1) is 11.7 Å². The summed E-state index contributed by atoms with van der Waals surface area (Å²) in [6, 6.07) is 12.3. The summed E-state index contributed by atoms with van der Waals surface area (Å²) in [5.41, 5.74) is 3.03. The van der Waals surface area contributed by atoms with E-state index in [1.54, 1.807) is 6.07 Å². The smallest absolute Gasteiger partial charge is 0.328 e. The second-order valence-electron chi connectivity index (χ2n) is 8.66. The van der Waals surface area contributed by atoms with Crippen molar-refractivity contribution in [2.75, 3.05) is 26.2 Å². The molecule has 9 heteroatoms. The van der Waals surface area contributed by atoms with Crippen LogP contribution in [-0.2, 0) is 22.6 Å². The number of piperidine rings is 1. The molecule has 0 aromatic heterocycles. The molecule has 0 aliphatic carbocycles. The Bertz CT molecular complexity index is 1070. The molecular formula is C26H28ClFN2O5. The molecule has 1 amide bonds. The predicted molar refractivity (Wildman–Crippen MR) is 130 cm³/mol. The van der Waals surface area contributed by atoms with Crippen molar-refractivity contribution in [3.63, 3.8) is 0 Å². The van der Waals surface area contributed by atoms with Gasteiger partial charge in [0.25, 0.3) is 5.91 Å². The van der Waals surface area contributed by atoms with Crippen LogP contribution in [0.4, 0.5) is 4.39 Å². The van der Waals surface area contributed by atoms with Crippen molar-refractivity contribution in [1.29, 1.82) is 0 Å². The molecule has 2 N–H and O–H groups in total. The van der Waals surface area contributed by atoms with Crippen LogP contribution in [0.5, 0.6) is 0 Å². The molecule has 2 aromatic carbocycles. The first kappa shape index (κ1) is 26.4. The van der Waals surface area contributed by atoms with E-state index < -0.39 is 11.9 Å². The molecule has 0 radical (unpaired) electrons. The Kier molecular flexibility index (Phi) is 9.39. The fourth-order valence-electron chi connectivity index (χ4n) is 4.28. The lowest BCUT2D eigenvalue weighted by Crippen LogP contribution is -2.39. The van der Waals surface area contributed by atoms with Gasteiger partial charge in [0, 0.05) is 42.4 Å². The number of carboxylic acid groups (broad SMARTS) is 2. The van der Waals surface area contributed by atoms with E-state index in [1.807, 2.05) is 29.2 Å². The zero-order valence-electron chi connectivity index (χ0n) is 19.2. The van der Waals surface area contributed by atoms with Gasteiger partial charge in [0.2, 0.25) is 0 Å². The Morgan fingerprint density at radius 3 is 2.26 bits per heavy atom. The maximum Gasteiger partial charge on any atom is 0.328 e. The lowest BCUT2D eigenvalue weighted by atomic mass is 9.96. The third kappa shape index (κ3) is 8.19. The first-order valence-corrected chi connectivity index (χ1v) is 11.8. The van der Waals surface area contributed by atoms with Gasteiger partial charge >= 0.3 is 11.9 Å². The molecule has 0 atom stereocenters. The summed E-state index contributed by atoms with van der Waals surface area (Å²) in [7, 11) is 0. The van der Waals surface area contributed by atoms with Crippen molar-refractivity contribution >= 4 is 29.4 Å². The summed E-state index contributed by atoms with van der Waals surface area (Å²) in [5, 5.41) is 16.3. The van der Waals surface area contributed by atoms with E-state index in [-0.39, 0.29) is 11.7 Å². The van der Waals surface area contributed by atoms with Crippen LogP contribution in [0.1, 0.15) is 34.3 Å². The van der Waals surface area contributed by atoms with Crippen LogP contribution in [0.15, 0.2) is 54.6 Å². The van der Waals surface area contributed by atoms with E-state index in [0.29, 0.717) is 29.6 Å². The second-order valence-corrected chi connectivity index (χ2v) is 9.09. The Morgan fingerprint density at radius 2 is 1.66 bits per heavy atom. The number of hydrogen-bond acceptors (Lipinski definition) is 4. The van der Waals surface area contributed by atoms with E-state index in [9.17, 15) is 18.8 Å². The zero-order chi connectivity index (χ0) is 25.4. The standard InChI is InChI=1S/C22H24ClFN2O.C4H4O4/c23-19-3-6-21-18(13-19)15-26(22(21)27)14-17-8-11-25(12-9-17)10-7-16-1-4-20(24)5-2-16;5-3(6)1-2-4(7)8/h1-6,13,17H,7-12,14-15H2;1-2H,(H,5,6)(H,7,8)/b;2-1+. The van der Waals surface area contributed by atoms with E-state index in [2.05, 4.69) is 4.90 Å². The van der Waals surface area contributed by atoms with Crippen molar-refractivity contribution in [3.05, 3.63) is 82.1 Å². The number of aliphatic carboxylic acids is 2. The number of halogens is 2. The minimum atomic E-state index is -1.26. The molecule has 35 heavy (non-hydrogen) atoms. The van der Waals surface area contributed by atoms with Crippen LogP contribution < -0.4 is 0 Å². The van der Waals surface area contributed by atoms with Crippen LogP contribution >= 0.6 is 11.6 Å². The molecule has 186 valence electrons. The van der Waals surface area contributed by atoms with Gasteiger partial charge < -0.3 is 20.0 Å². The highest BCUT2D eigenvalue weighted by Crippen LogP contribution is 2.28. The summed E-state index contributed by atoms with van der Waals surface area (Å²) in [6.07, 6.45) is 4.30. The van der Waals surface area contributed by atoms with Gasteiger partial charge in [0.05, 0.1) is 0 Å². The summed E-state index contributed by atoms with van der Waals surface area (Å²) >= 11 is 6.05. The van der Waals surface area contributed by atoms with Crippen molar-refractivity contribution in [3.8, 4) is 0 Å². The van der Waals surface area contributed by atoms with Gasteiger partial charge in [0.15, 0.2) is 0 Å². The number of fused-ring (bicyclic) bond motifs is 1. The molecule has 1 fully saturated rings. The van der Waals surface area contributed by atoms with Gasteiger partial charge in [0.1, 0.15) is 5.82 Å². The average Bonchev–Trinajstić information content (AvgIpc) is 3.13. The van der Waals surface area contributed by atoms with Crippen molar-refractivity contribution in [2.45, 2.75) is 25.8 Å². The Labute approximate surface area is 208 Å². The number of likely N-dealkylation sites (tertiary alicyclic amines) is 1. The molecule has 0 bridgehead atoms. The minimum absolute atomic E-state index is 0.139. The molecule has 2 aliphatic rings. The van der Waals surface area contributed by atoms with Gasteiger partial charge in [-0.05, 0) is 79.7 Å². The third-order valence-electron chi connectivity index (χ3n) is 6.13. The average molecular weight is 503 g/mol. The van der Waals surface area contributed by atoms with Crippen molar-refractivity contribution in [1.82, 2.24) is 9.80 Å². The number of benzene rings is 2. The van der Waals surface area contributed by atoms with Gasteiger partial charge in [-0.15, -0.1) is 0 Å². The van der Waals surface area contributed by atoms with Crippen molar-refractivity contribution in [2.24, 2.45) is 5.92 Å². The highest BCUT2D eigenvalue weighted by Gasteiger charge is 2.30. The van der Waals surface area contributed by atoms with Gasteiger partial charge in [-0.2, -0.15) is 0 Å². The van der Waals surface area contributed by atoms with Crippen molar-refractivity contribution < 1.29 is 29.0 Å². The van der Waals surface area contributed by atoms with E-state index >= 15 is 0 Å². The fraction of sp³-hybridized carbons (Fsp3) is 0.346. The third-order valence-corrected chi connectivity index (χ3v) is 6.37. The number of hydrogen-bond donors (Lipinski definition) is 2. The Morgan fingerprint density at radius 1 is 1.03 bits per heavy atom. The Balaban J connectivity index is 0.000000371. The molecule has 2 aliphatic heterocycles. The van der Waals surface area contributed by atoms with E-state index in [4.69, 9.17) is 21.8 Å². The quantitative estimate of drug-likeness (QED) is 0.553. The summed E-state index contributed by atoms with van der Waals surface area (Å²) in [6.45, 7) is 4.64. The predicted octanol–water partition coefficient (Wildman–Crippen LogP) is 4.10. The largest absolute Gasteiger partial charge is 0.478 e. The molecule has 4 rings (SSSR count). The SMILES string of the molecule is O=C(O)/C=C/C(=O)O.O=C1c2ccc(Cl)cc2CN1CC1CCN(CCc2ccc(F)cc2)CC1. The van der Waals surface area contributed by atoms with Crippen LogP contribution in [-0.4, -0.2) is 64.0 Å². The van der Waals surface area contributed by atoms with Gasteiger partial charge in [-0.3, -0.25) is 4.79 Å². The maximum atomic E-state index is 13.0. The first-order valence-electron chi connectivity index (χ1n) is 11.4. The molecule has 7 nitrogen and oxygen atoms in total. The molecule has 1 saturated heterocycles. The number of carboxylic acids is 2. The van der Waals surface area contributed by atoms with Crippen LogP contribution in [0.25, 0.3) is 0 Å². The molecular weight excluding hydrogens is 475 g/mol. The highest BCUT2D eigenvalue weighted by molar-refractivity contribution is 6.30. The topological polar surface area (TPSA) is 98.1 Å². The molecule has 2 heterocycles. The number of amides is 1. The summed E-state index contributed by atoms with van der Waals surface area (Å²) < 4.78 is 13.0. The molecule has 0 unspecified atom stereocenters. The number of nitrogens with zero attached hydrogens (tertiary/aromatic N) is 2. The summed E-state index contributed by atoms with van der Waals surface area (Å²) in [4.78, 5) is 36.1. The number of rotatable bonds is 7. The monoisotopic (exact) mass is 502 g/mol. The Hall–Kier alpha value is -3.23. The number of carbonyl (C=O) groups is 3. The fourth-order valence-corrected chi connectivity index (χ4v) is 4.48. The van der Waals surface area contributed by atoms with Crippen LogP contribution in [0.3, 0.4) is 0 Å². The second kappa shape index (κ2) is 12.5. The lowest BCUT2D eigenvalue weighted by Gasteiger charge is -2.33. The first-order chi connectivity index (χ1) is 16.7. The highest BCUT2D eigenvalue weighted by atomic mass is 35.5. The lowest BCUT2D eigenvalue weighted by molar-refractivity contribution is -0.134. The number of carbonyl (C=O) groups excluding carboxylic acids is 1. The van der Waals surface area contributed by atoms with Crippen LogP contribution in [0.2, 0.25) is 5.02 Å². The minimum Gasteiger partial charge on any atom is -0.478 e. The maximum absolute atomic E-state index is 13.0. The van der Waals surface area contributed by atoms with Gasteiger partial charge in [-0.25, -0.2) is 14.0 Å². The molecule has 0 spiro atoms. The molecule has 2 aromatic rings. The van der Waals surface area contributed by atoms with E-state index in [0.717, 1.165) is 56.6 Å². The zero-order valence-corrected chi connectivity index (χ0v) is 20.0. The molecule has 0 saturated carbocycles.